The first-order valence-corrected chi connectivity index (χ1v) is 7.58. The average molecular weight is 293 g/mol. The lowest BCUT2D eigenvalue weighted by Crippen LogP contribution is -2.19. The quantitative estimate of drug-likeness (QED) is 0.600. The van der Waals surface area contributed by atoms with E-state index in [1.165, 1.54) is 39.9 Å². The summed E-state index contributed by atoms with van der Waals surface area (Å²) in [5.74, 6) is -0.193. The van der Waals surface area contributed by atoms with Crippen LogP contribution in [0.4, 0.5) is 10.1 Å². The van der Waals surface area contributed by atoms with Gasteiger partial charge in [0.1, 0.15) is 11.5 Å². The molecule has 3 aromatic rings. The lowest BCUT2D eigenvalue weighted by atomic mass is 10.0. The summed E-state index contributed by atoms with van der Waals surface area (Å²) in [7, 11) is 2.11. The number of hydrogen-bond acceptors (Lipinski definition) is 0. The Balaban J connectivity index is 1.89. The van der Waals surface area contributed by atoms with E-state index < -0.39 is 0 Å². The monoisotopic (exact) mass is 293 g/mol. The number of fused-ring (bicyclic) bond motifs is 3. The Kier molecular flexibility index (Phi) is 2.89. The van der Waals surface area contributed by atoms with Gasteiger partial charge in [-0.05, 0) is 36.8 Å². The number of benzene rings is 2. The van der Waals surface area contributed by atoms with E-state index in [2.05, 4.69) is 47.5 Å². The molecular formula is C19H18FN2+. The third-order valence-electron chi connectivity index (χ3n) is 4.55. The van der Waals surface area contributed by atoms with Gasteiger partial charge in [0, 0.05) is 36.5 Å². The van der Waals surface area contributed by atoms with Gasteiger partial charge in [0.05, 0.1) is 0 Å². The summed E-state index contributed by atoms with van der Waals surface area (Å²) in [6.45, 7) is 3.06. The van der Waals surface area contributed by atoms with Gasteiger partial charge in [-0.3, -0.25) is 0 Å². The zero-order valence-corrected chi connectivity index (χ0v) is 12.8. The van der Waals surface area contributed by atoms with Crippen LogP contribution in [0.25, 0.3) is 10.9 Å². The molecule has 3 heteroatoms. The third-order valence-corrected chi connectivity index (χ3v) is 4.55. The number of nitrogens with zero attached hydrogens (tertiary/aromatic N) is 2. The number of aromatic nitrogens is 1. The molecule has 1 aromatic heterocycles. The molecule has 1 aliphatic rings. The lowest BCUT2D eigenvalue weighted by molar-refractivity contribution is -0.436. The van der Waals surface area contributed by atoms with Crippen molar-refractivity contribution >= 4 is 22.8 Å². The van der Waals surface area contributed by atoms with Crippen LogP contribution >= 0.6 is 0 Å². The van der Waals surface area contributed by atoms with Crippen LogP contribution in [0.1, 0.15) is 16.8 Å². The van der Waals surface area contributed by atoms with Crippen LogP contribution in [0.2, 0.25) is 0 Å². The molecule has 0 unspecified atom stereocenters. The SMILES string of the molecule is Cc1ccc2c(c1)c1c(n2C)C=[N+](c2ccc(F)cc2)CC1. The zero-order chi connectivity index (χ0) is 15.3. The summed E-state index contributed by atoms with van der Waals surface area (Å²) in [4.78, 5) is 0. The molecule has 110 valence electrons. The topological polar surface area (TPSA) is 7.94 Å². The molecule has 0 spiro atoms. The predicted molar refractivity (Wildman–Crippen MR) is 87.7 cm³/mol. The molecule has 2 nitrogen and oxygen atoms in total. The van der Waals surface area contributed by atoms with Crippen LogP contribution in [0.3, 0.4) is 0 Å². The van der Waals surface area contributed by atoms with E-state index in [4.69, 9.17) is 0 Å². The van der Waals surface area contributed by atoms with E-state index in [1.807, 2.05) is 12.1 Å². The van der Waals surface area contributed by atoms with Crippen LogP contribution in [-0.2, 0) is 13.5 Å². The number of halogens is 1. The second-order valence-corrected chi connectivity index (χ2v) is 5.99. The van der Waals surface area contributed by atoms with Crippen molar-refractivity contribution in [1.29, 1.82) is 0 Å². The molecule has 0 saturated heterocycles. The van der Waals surface area contributed by atoms with Crippen molar-refractivity contribution in [3.8, 4) is 0 Å². The minimum absolute atomic E-state index is 0.193. The van der Waals surface area contributed by atoms with Crippen LogP contribution < -0.4 is 0 Å². The Morgan fingerprint density at radius 3 is 2.64 bits per heavy atom. The fourth-order valence-corrected chi connectivity index (χ4v) is 3.36. The van der Waals surface area contributed by atoms with E-state index in [9.17, 15) is 4.39 Å². The first-order valence-electron chi connectivity index (χ1n) is 7.58. The fraction of sp³-hybridized carbons (Fsp3) is 0.211. The molecule has 0 N–H and O–H groups in total. The van der Waals surface area contributed by atoms with Gasteiger partial charge in [-0.1, -0.05) is 11.6 Å². The van der Waals surface area contributed by atoms with Gasteiger partial charge >= 0.3 is 0 Å². The summed E-state index contributed by atoms with van der Waals surface area (Å²) in [5, 5.41) is 1.35. The highest BCUT2D eigenvalue weighted by molar-refractivity contribution is 5.94. The molecule has 0 amide bonds. The Hall–Kier alpha value is -2.42. The van der Waals surface area contributed by atoms with E-state index in [-0.39, 0.29) is 5.82 Å². The van der Waals surface area contributed by atoms with Crippen LogP contribution in [0.5, 0.6) is 0 Å². The second-order valence-electron chi connectivity index (χ2n) is 5.99. The summed E-state index contributed by atoms with van der Waals surface area (Å²) < 4.78 is 17.6. The minimum atomic E-state index is -0.193. The highest BCUT2D eigenvalue weighted by Crippen LogP contribution is 2.29. The number of aryl methyl sites for hydroxylation is 2. The second kappa shape index (κ2) is 4.80. The summed E-state index contributed by atoms with van der Waals surface area (Å²) in [6, 6.07) is 13.3. The Morgan fingerprint density at radius 1 is 1.09 bits per heavy atom. The van der Waals surface area contributed by atoms with Gasteiger partial charge in [-0.15, -0.1) is 0 Å². The van der Waals surface area contributed by atoms with Crippen LogP contribution in [0.15, 0.2) is 42.5 Å². The Labute approximate surface area is 129 Å². The van der Waals surface area contributed by atoms with E-state index in [0.29, 0.717) is 0 Å². The smallest absolute Gasteiger partial charge is 0.205 e. The normalized spacial score (nSPS) is 14.0. The molecule has 0 radical (unpaired) electrons. The van der Waals surface area contributed by atoms with Crippen molar-refractivity contribution in [2.75, 3.05) is 6.54 Å². The summed E-state index contributed by atoms with van der Waals surface area (Å²) >= 11 is 0. The van der Waals surface area contributed by atoms with Crippen molar-refractivity contribution in [2.24, 2.45) is 7.05 Å². The van der Waals surface area contributed by atoms with Crippen LogP contribution in [-0.4, -0.2) is 21.9 Å². The van der Waals surface area contributed by atoms with Gasteiger partial charge in [0.2, 0.25) is 5.69 Å². The van der Waals surface area contributed by atoms with Crippen molar-refractivity contribution < 1.29 is 8.97 Å². The Bertz CT molecular complexity index is 901. The average Bonchev–Trinajstić information content (AvgIpc) is 2.80. The third kappa shape index (κ3) is 1.97. The maximum atomic E-state index is 13.1. The molecule has 0 bridgehead atoms. The molecule has 2 aromatic carbocycles. The zero-order valence-electron chi connectivity index (χ0n) is 12.8. The highest BCUT2D eigenvalue weighted by atomic mass is 19.1. The van der Waals surface area contributed by atoms with Gasteiger partial charge < -0.3 is 4.57 Å². The lowest BCUT2D eigenvalue weighted by Gasteiger charge is -2.10. The van der Waals surface area contributed by atoms with Crippen LogP contribution in [0, 0.1) is 12.7 Å². The highest BCUT2D eigenvalue weighted by Gasteiger charge is 2.24. The number of rotatable bonds is 1. The molecular weight excluding hydrogens is 275 g/mol. The van der Waals surface area contributed by atoms with Crippen molar-refractivity contribution in [3.63, 3.8) is 0 Å². The largest absolute Gasteiger partial charge is 0.339 e. The Morgan fingerprint density at radius 2 is 1.86 bits per heavy atom. The fourth-order valence-electron chi connectivity index (χ4n) is 3.36. The van der Waals surface area contributed by atoms with Gasteiger partial charge in [0.25, 0.3) is 0 Å². The molecule has 2 heterocycles. The van der Waals surface area contributed by atoms with E-state index in [0.717, 1.165) is 18.7 Å². The molecule has 0 saturated carbocycles. The maximum Gasteiger partial charge on any atom is 0.205 e. The predicted octanol–water partition coefficient (Wildman–Crippen LogP) is 3.95. The van der Waals surface area contributed by atoms with Gasteiger partial charge in [0.15, 0.2) is 12.8 Å². The van der Waals surface area contributed by atoms with Crippen molar-refractivity contribution in [2.45, 2.75) is 13.3 Å². The molecule has 0 fully saturated rings. The minimum Gasteiger partial charge on any atom is -0.339 e. The molecule has 1 aliphatic heterocycles. The van der Waals surface area contributed by atoms with E-state index in [1.54, 1.807) is 0 Å². The first-order chi connectivity index (χ1) is 10.6. The standard InChI is InChI=1S/C19H18FN2/c1-13-3-8-18-17(11-13)16-9-10-22(12-19(16)21(18)2)15-6-4-14(20)5-7-15/h3-8,11-12H,9-10H2,1-2H3/q+1. The first kappa shape index (κ1) is 13.3. The summed E-state index contributed by atoms with van der Waals surface area (Å²) in [5.41, 5.74) is 6.26. The molecule has 22 heavy (non-hydrogen) atoms. The van der Waals surface area contributed by atoms with Gasteiger partial charge in [-0.2, -0.15) is 4.58 Å². The van der Waals surface area contributed by atoms with Gasteiger partial charge in [-0.25, -0.2) is 4.39 Å². The number of hydrogen-bond donors (Lipinski definition) is 0. The molecule has 0 aliphatic carbocycles. The van der Waals surface area contributed by atoms with E-state index >= 15 is 0 Å². The molecule has 4 rings (SSSR count). The molecule has 0 atom stereocenters. The van der Waals surface area contributed by atoms with Crippen molar-refractivity contribution in [3.05, 3.63) is 65.1 Å². The van der Waals surface area contributed by atoms with Crippen molar-refractivity contribution in [1.82, 2.24) is 4.57 Å². The summed E-state index contributed by atoms with van der Waals surface area (Å²) in [6.07, 6.45) is 3.19. The maximum absolute atomic E-state index is 13.1.